The van der Waals surface area contributed by atoms with E-state index in [-0.39, 0.29) is 12.5 Å². The van der Waals surface area contributed by atoms with Gasteiger partial charge in [0, 0.05) is 6.54 Å². The molecule has 2 N–H and O–H groups in total. The first-order valence-electron chi connectivity index (χ1n) is 4.83. The van der Waals surface area contributed by atoms with Gasteiger partial charge >= 0.3 is 5.97 Å². The van der Waals surface area contributed by atoms with Crippen molar-refractivity contribution in [2.75, 3.05) is 19.6 Å². The molecule has 1 unspecified atom stereocenters. The smallest absolute Gasteiger partial charge is 0.326 e. The summed E-state index contributed by atoms with van der Waals surface area (Å²) in [5.74, 6) is 1.22. The van der Waals surface area contributed by atoms with Crippen LogP contribution in [0.3, 0.4) is 0 Å². The number of carboxylic acid groups (broad SMARTS) is 1. The second-order valence-electron chi connectivity index (χ2n) is 3.39. The molecule has 1 aliphatic heterocycles. The van der Waals surface area contributed by atoms with Crippen LogP contribution in [0.1, 0.15) is 12.8 Å². The molecule has 0 aliphatic carbocycles. The first kappa shape index (κ1) is 11.5. The Balaban J connectivity index is 2.45. The normalized spacial score (nSPS) is 19.9. The highest BCUT2D eigenvalue weighted by Gasteiger charge is 2.33. The predicted molar refractivity (Wildman–Crippen MR) is 54.1 cm³/mol. The van der Waals surface area contributed by atoms with E-state index in [0.29, 0.717) is 19.5 Å². The van der Waals surface area contributed by atoms with Crippen molar-refractivity contribution in [3.05, 3.63) is 0 Å². The van der Waals surface area contributed by atoms with Crippen LogP contribution < -0.4 is 5.32 Å². The molecule has 1 rings (SSSR count). The van der Waals surface area contributed by atoms with Gasteiger partial charge in [0.1, 0.15) is 6.04 Å². The van der Waals surface area contributed by atoms with Crippen LogP contribution >= 0.6 is 0 Å². The Hall–Kier alpha value is -1.54. The topological polar surface area (TPSA) is 69.6 Å². The molecule has 0 bridgehead atoms. The van der Waals surface area contributed by atoms with Crippen molar-refractivity contribution >= 4 is 11.9 Å². The van der Waals surface area contributed by atoms with E-state index in [1.54, 1.807) is 0 Å². The van der Waals surface area contributed by atoms with Gasteiger partial charge in [-0.2, -0.15) is 0 Å². The fraction of sp³-hybridized carbons (Fsp3) is 0.600. The third-order valence-electron chi connectivity index (χ3n) is 2.36. The summed E-state index contributed by atoms with van der Waals surface area (Å²) >= 11 is 0. The third-order valence-corrected chi connectivity index (χ3v) is 2.36. The monoisotopic (exact) mass is 210 g/mol. The van der Waals surface area contributed by atoms with Gasteiger partial charge < -0.3 is 10.0 Å². The molecule has 0 saturated carbocycles. The fourth-order valence-electron chi connectivity index (χ4n) is 1.67. The number of aliphatic carboxylic acids is 1. The molecule has 1 heterocycles. The molecule has 5 nitrogen and oxygen atoms in total. The zero-order valence-electron chi connectivity index (χ0n) is 8.40. The van der Waals surface area contributed by atoms with E-state index >= 15 is 0 Å². The van der Waals surface area contributed by atoms with Gasteiger partial charge in [-0.05, 0) is 12.8 Å². The quantitative estimate of drug-likeness (QED) is 0.475. The number of rotatable bonds is 4. The minimum absolute atomic E-state index is 0.105. The van der Waals surface area contributed by atoms with Crippen molar-refractivity contribution in [3.8, 4) is 12.3 Å². The van der Waals surface area contributed by atoms with Crippen molar-refractivity contribution in [2.45, 2.75) is 18.9 Å². The zero-order chi connectivity index (χ0) is 11.3. The van der Waals surface area contributed by atoms with Crippen molar-refractivity contribution < 1.29 is 14.7 Å². The number of likely N-dealkylation sites (tertiary alicyclic amines) is 1. The largest absolute Gasteiger partial charge is 0.480 e. The number of amides is 1. The Morgan fingerprint density at radius 1 is 1.60 bits per heavy atom. The lowest BCUT2D eigenvalue weighted by atomic mass is 10.2. The predicted octanol–water partition coefficient (Wildman–Crippen LogP) is -0.715. The summed E-state index contributed by atoms with van der Waals surface area (Å²) in [4.78, 5) is 23.8. The molecule has 1 fully saturated rings. The van der Waals surface area contributed by atoms with E-state index < -0.39 is 12.0 Å². The number of hydrogen-bond donors (Lipinski definition) is 2. The molecular formula is C10H14N2O3. The standard InChI is InChI=1S/C10H14N2O3/c1-2-5-11-7-9(13)12-6-3-4-8(12)10(14)15/h1,8,11H,3-7H2,(H,14,15). The van der Waals surface area contributed by atoms with E-state index in [9.17, 15) is 9.59 Å². The SMILES string of the molecule is C#CCNCC(=O)N1CCCC1C(=O)O. The number of nitrogens with one attached hydrogen (secondary N) is 1. The molecule has 1 amide bonds. The number of carboxylic acids is 1. The van der Waals surface area contributed by atoms with Crippen molar-refractivity contribution in [1.29, 1.82) is 0 Å². The molecule has 1 aliphatic rings. The molecular weight excluding hydrogens is 196 g/mol. The molecule has 0 aromatic heterocycles. The molecule has 0 aromatic rings. The first-order valence-corrected chi connectivity index (χ1v) is 4.83. The second-order valence-corrected chi connectivity index (χ2v) is 3.39. The summed E-state index contributed by atoms with van der Waals surface area (Å²) in [6.45, 7) is 0.943. The number of hydrogen-bond acceptors (Lipinski definition) is 3. The van der Waals surface area contributed by atoms with Gasteiger partial charge in [0.15, 0.2) is 0 Å². The third kappa shape index (κ3) is 2.96. The maximum atomic E-state index is 11.6. The highest BCUT2D eigenvalue weighted by atomic mass is 16.4. The minimum Gasteiger partial charge on any atom is -0.480 e. The number of nitrogens with zero attached hydrogens (tertiary/aromatic N) is 1. The van der Waals surface area contributed by atoms with E-state index in [0.717, 1.165) is 6.42 Å². The lowest BCUT2D eigenvalue weighted by Gasteiger charge is -2.21. The summed E-state index contributed by atoms with van der Waals surface area (Å²) < 4.78 is 0. The Morgan fingerprint density at radius 2 is 2.33 bits per heavy atom. The molecule has 0 spiro atoms. The van der Waals surface area contributed by atoms with Crippen LogP contribution in [0.25, 0.3) is 0 Å². The van der Waals surface area contributed by atoms with Crippen LogP contribution in [0.5, 0.6) is 0 Å². The van der Waals surface area contributed by atoms with E-state index in [1.165, 1.54) is 4.90 Å². The van der Waals surface area contributed by atoms with Crippen LogP contribution in [0.15, 0.2) is 0 Å². The van der Waals surface area contributed by atoms with Gasteiger partial charge in [-0.1, -0.05) is 5.92 Å². The fourth-order valence-corrected chi connectivity index (χ4v) is 1.67. The Bertz CT molecular complexity index is 296. The number of carbonyl (C=O) groups excluding carboxylic acids is 1. The Labute approximate surface area is 88.4 Å². The molecule has 0 aromatic carbocycles. The van der Waals surface area contributed by atoms with E-state index in [2.05, 4.69) is 11.2 Å². The maximum absolute atomic E-state index is 11.6. The van der Waals surface area contributed by atoms with Gasteiger partial charge in [-0.25, -0.2) is 4.79 Å². The minimum atomic E-state index is -0.933. The average molecular weight is 210 g/mol. The maximum Gasteiger partial charge on any atom is 0.326 e. The molecule has 5 heteroatoms. The summed E-state index contributed by atoms with van der Waals surface area (Å²) in [7, 11) is 0. The van der Waals surface area contributed by atoms with Crippen LogP contribution in [0.2, 0.25) is 0 Å². The van der Waals surface area contributed by atoms with Crippen LogP contribution in [-0.2, 0) is 9.59 Å². The molecule has 82 valence electrons. The summed E-state index contributed by atoms with van der Waals surface area (Å²) in [6, 6.07) is -0.662. The van der Waals surface area contributed by atoms with E-state index in [1.807, 2.05) is 0 Å². The van der Waals surface area contributed by atoms with Crippen LogP contribution in [0.4, 0.5) is 0 Å². The van der Waals surface area contributed by atoms with Gasteiger partial charge in [-0.15, -0.1) is 6.42 Å². The van der Waals surface area contributed by atoms with Crippen molar-refractivity contribution in [1.82, 2.24) is 10.2 Å². The van der Waals surface area contributed by atoms with Crippen molar-refractivity contribution in [3.63, 3.8) is 0 Å². The second kappa shape index (κ2) is 5.37. The number of terminal acetylenes is 1. The van der Waals surface area contributed by atoms with E-state index in [4.69, 9.17) is 11.5 Å². The molecule has 1 saturated heterocycles. The van der Waals surface area contributed by atoms with Gasteiger partial charge in [0.25, 0.3) is 0 Å². The lowest BCUT2D eigenvalue weighted by Crippen LogP contribution is -2.44. The zero-order valence-corrected chi connectivity index (χ0v) is 8.40. The molecule has 0 radical (unpaired) electrons. The molecule has 15 heavy (non-hydrogen) atoms. The van der Waals surface area contributed by atoms with Crippen LogP contribution in [-0.4, -0.2) is 47.6 Å². The summed E-state index contributed by atoms with van der Waals surface area (Å²) in [6.07, 6.45) is 6.30. The highest BCUT2D eigenvalue weighted by Crippen LogP contribution is 2.16. The Morgan fingerprint density at radius 3 is 2.93 bits per heavy atom. The van der Waals surface area contributed by atoms with Crippen LogP contribution in [0, 0.1) is 12.3 Å². The highest BCUT2D eigenvalue weighted by molar-refractivity contribution is 5.85. The first-order chi connectivity index (χ1) is 7.16. The Kier molecular flexibility index (Phi) is 4.13. The summed E-state index contributed by atoms with van der Waals surface area (Å²) in [5, 5.41) is 11.6. The molecule has 1 atom stereocenters. The van der Waals surface area contributed by atoms with Gasteiger partial charge in [0.05, 0.1) is 13.1 Å². The van der Waals surface area contributed by atoms with Gasteiger partial charge in [0.2, 0.25) is 5.91 Å². The summed E-state index contributed by atoms with van der Waals surface area (Å²) in [5.41, 5.74) is 0. The average Bonchev–Trinajstić information content (AvgIpc) is 2.66. The lowest BCUT2D eigenvalue weighted by molar-refractivity contribution is -0.147. The number of carbonyl (C=O) groups is 2. The van der Waals surface area contributed by atoms with Crippen molar-refractivity contribution in [2.24, 2.45) is 0 Å². The van der Waals surface area contributed by atoms with Gasteiger partial charge in [-0.3, -0.25) is 10.1 Å².